The molecule has 4 heteroatoms. The second-order valence-electron chi connectivity index (χ2n) is 5.44. The van der Waals surface area contributed by atoms with E-state index in [0.717, 1.165) is 24.3 Å². The minimum absolute atomic E-state index is 0.0867. The van der Waals surface area contributed by atoms with E-state index in [2.05, 4.69) is 13.8 Å². The maximum Gasteiger partial charge on any atom is 0.223 e. The van der Waals surface area contributed by atoms with Crippen molar-refractivity contribution >= 4 is 23.0 Å². The number of ketones is 1. The van der Waals surface area contributed by atoms with Gasteiger partial charge in [0.25, 0.3) is 0 Å². The van der Waals surface area contributed by atoms with E-state index in [1.54, 1.807) is 0 Å². The first-order valence-electron chi connectivity index (χ1n) is 6.95. The number of carbonyl (C=O) groups excluding carboxylic acids is 2. The monoisotopic (exact) mass is 279 g/mol. The van der Waals surface area contributed by atoms with Gasteiger partial charge < -0.3 is 4.90 Å². The third kappa shape index (κ3) is 3.44. The molecule has 1 aliphatic rings. The molecule has 0 bridgehead atoms. The molecule has 3 nitrogen and oxygen atoms in total. The average molecular weight is 279 g/mol. The zero-order valence-electron chi connectivity index (χ0n) is 11.6. The lowest BCUT2D eigenvalue weighted by Gasteiger charge is -2.27. The zero-order chi connectivity index (χ0) is 13.8. The molecule has 0 spiro atoms. The van der Waals surface area contributed by atoms with Crippen molar-refractivity contribution in [1.82, 2.24) is 4.90 Å². The number of hydrogen-bond acceptors (Lipinski definition) is 3. The number of hydrogen-bond donors (Lipinski definition) is 0. The molecule has 104 valence electrons. The van der Waals surface area contributed by atoms with E-state index in [0.29, 0.717) is 24.8 Å². The van der Waals surface area contributed by atoms with E-state index in [1.807, 2.05) is 22.4 Å². The van der Waals surface area contributed by atoms with Crippen molar-refractivity contribution in [2.24, 2.45) is 5.92 Å². The fourth-order valence-electron chi connectivity index (χ4n) is 2.72. The van der Waals surface area contributed by atoms with Crippen LogP contribution in [0.15, 0.2) is 17.5 Å². The van der Waals surface area contributed by atoms with Gasteiger partial charge in [0.05, 0.1) is 4.88 Å². The maximum atomic E-state index is 12.2. The van der Waals surface area contributed by atoms with Gasteiger partial charge in [0.15, 0.2) is 5.78 Å². The van der Waals surface area contributed by atoms with Gasteiger partial charge in [-0.25, -0.2) is 0 Å². The molecule has 2 rings (SSSR count). The summed E-state index contributed by atoms with van der Waals surface area (Å²) in [6.07, 6.45) is 2.87. The fraction of sp³-hybridized carbons (Fsp3) is 0.600. The molecule has 1 aliphatic heterocycles. The Morgan fingerprint density at radius 2 is 2.21 bits per heavy atom. The van der Waals surface area contributed by atoms with Crippen LogP contribution in [0, 0.1) is 5.92 Å². The molecule has 0 aliphatic carbocycles. The number of carbonyl (C=O) groups is 2. The molecule has 1 aromatic rings. The van der Waals surface area contributed by atoms with E-state index in [4.69, 9.17) is 0 Å². The molecular weight excluding hydrogens is 258 g/mol. The molecule has 1 amide bonds. The summed E-state index contributed by atoms with van der Waals surface area (Å²) in [5.74, 6) is 0.726. The van der Waals surface area contributed by atoms with E-state index < -0.39 is 0 Å². The van der Waals surface area contributed by atoms with Crippen LogP contribution in [0.2, 0.25) is 0 Å². The summed E-state index contributed by atoms with van der Waals surface area (Å²) in [4.78, 5) is 26.8. The normalized spacial score (nSPS) is 19.1. The topological polar surface area (TPSA) is 37.4 Å². The van der Waals surface area contributed by atoms with Crippen LogP contribution in [-0.2, 0) is 4.79 Å². The highest BCUT2D eigenvalue weighted by Crippen LogP contribution is 2.25. The van der Waals surface area contributed by atoms with Gasteiger partial charge >= 0.3 is 0 Å². The fourth-order valence-corrected chi connectivity index (χ4v) is 3.41. The number of thiophene rings is 1. The molecule has 19 heavy (non-hydrogen) atoms. The molecule has 1 atom stereocenters. The van der Waals surface area contributed by atoms with Gasteiger partial charge in [-0.1, -0.05) is 19.9 Å². The lowest BCUT2D eigenvalue weighted by Crippen LogP contribution is -2.38. The van der Waals surface area contributed by atoms with E-state index in [-0.39, 0.29) is 11.7 Å². The molecule has 0 saturated carbocycles. The van der Waals surface area contributed by atoms with E-state index >= 15 is 0 Å². The van der Waals surface area contributed by atoms with E-state index in [9.17, 15) is 9.59 Å². The molecule has 0 unspecified atom stereocenters. The Morgan fingerprint density at radius 3 is 2.84 bits per heavy atom. The smallest absolute Gasteiger partial charge is 0.223 e. The van der Waals surface area contributed by atoms with Crippen molar-refractivity contribution in [2.45, 2.75) is 45.6 Å². The van der Waals surface area contributed by atoms with Crippen LogP contribution in [0.1, 0.15) is 49.2 Å². The van der Waals surface area contributed by atoms with Crippen LogP contribution in [0.5, 0.6) is 0 Å². The van der Waals surface area contributed by atoms with Gasteiger partial charge in [0.2, 0.25) is 5.91 Å². The van der Waals surface area contributed by atoms with Gasteiger partial charge in [-0.15, -0.1) is 11.3 Å². The Balaban J connectivity index is 1.86. The molecule has 1 aromatic heterocycles. The summed E-state index contributed by atoms with van der Waals surface area (Å²) in [5, 5.41) is 1.89. The van der Waals surface area contributed by atoms with Crippen LogP contribution in [-0.4, -0.2) is 29.2 Å². The Labute approximate surface area is 118 Å². The maximum absolute atomic E-state index is 12.2. The molecule has 1 saturated heterocycles. The van der Waals surface area contributed by atoms with Gasteiger partial charge in [-0.3, -0.25) is 9.59 Å². The largest absolute Gasteiger partial charge is 0.339 e. The second kappa shape index (κ2) is 6.33. The predicted octanol–water partition coefficient (Wildman–Crippen LogP) is 3.36. The highest BCUT2D eigenvalue weighted by atomic mass is 32.1. The molecular formula is C15H21NO2S. The highest BCUT2D eigenvalue weighted by Gasteiger charge is 2.30. The average Bonchev–Trinajstić information content (AvgIpc) is 3.04. The van der Waals surface area contributed by atoms with Crippen molar-refractivity contribution in [3.63, 3.8) is 0 Å². The molecule has 0 radical (unpaired) electrons. The number of nitrogens with zero attached hydrogens (tertiary/aromatic N) is 1. The van der Waals surface area contributed by atoms with Crippen molar-refractivity contribution in [3.8, 4) is 0 Å². The van der Waals surface area contributed by atoms with Crippen LogP contribution in [0.4, 0.5) is 0 Å². The Morgan fingerprint density at radius 1 is 1.42 bits per heavy atom. The molecule has 1 fully saturated rings. The number of Topliss-reactive ketones (excluding diaryl/α,β-unsaturated/α-hetero) is 1. The highest BCUT2D eigenvalue weighted by molar-refractivity contribution is 7.12. The minimum Gasteiger partial charge on any atom is -0.339 e. The second-order valence-corrected chi connectivity index (χ2v) is 6.39. The van der Waals surface area contributed by atoms with Gasteiger partial charge in [-0.05, 0) is 30.2 Å². The minimum atomic E-state index is 0.0867. The van der Waals surface area contributed by atoms with E-state index in [1.165, 1.54) is 11.3 Å². The first-order valence-corrected chi connectivity index (χ1v) is 7.83. The Bertz CT molecular complexity index is 439. The zero-order valence-corrected chi connectivity index (χ0v) is 12.4. The lowest BCUT2D eigenvalue weighted by atomic mass is 10.0. The first-order chi connectivity index (χ1) is 9.09. The molecule has 0 aromatic carbocycles. The van der Waals surface area contributed by atoms with Crippen molar-refractivity contribution in [3.05, 3.63) is 22.4 Å². The SMILES string of the molecule is CC(C)[C@H]1CCCN1C(=O)CCC(=O)c1cccs1. The van der Waals surface area contributed by atoms with Gasteiger partial charge in [0.1, 0.15) is 0 Å². The quantitative estimate of drug-likeness (QED) is 0.775. The number of rotatable bonds is 5. The summed E-state index contributed by atoms with van der Waals surface area (Å²) in [7, 11) is 0. The third-order valence-electron chi connectivity index (χ3n) is 3.75. The molecule has 2 heterocycles. The van der Waals surface area contributed by atoms with Crippen LogP contribution >= 0.6 is 11.3 Å². The summed E-state index contributed by atoms with van der Waals surface area (Å²) in [6, 6.07) is 4.06. The van der Waals surface area contributed by atoms with Crippen LogP contribution < -0.4 is 0 Å². The lowest BCUT2D eigenvalue weighted by molar-refractivity contribution is -0.132. The summed E-state index contributed by atoms with van der Waals surface area (Å²) in [6.45, 7) is 5.18. The first kappa shape index (κ1) is 14.3. The standard InChI is InChI=1S/C15H21NO2S/c1-11(2)12-5-3-9-16(12)15(18)8-7-13(17)14-6-4-10-19-14/h4,6,10-12H,3,5,7-9H2,1-2H3/t12-/m1/s1. The van der Waals surface area contributed by atoms with Gasteiger partial charge in [-0.2, -0.15) is 0 Å². The Kier molecular flexibility index (Phi) is 4.75. The summed E-state index contributed by atoms with van der Waals surface area (Å²) < 4.78 is 0. The molecule has 0 N–H and O–H groups in total. The van der Waals surface area contributed by atoms with Crippen molar-refractivity contribution in [1.29, 1.82) is 0 Å². The number of likely N-dealkylation sites (tertiary alicyclic amines) is 1. The predicted molar refractivity (Wildman–Crippen MR) is 77.5 cm³/mol. The van der Waals surface area contributed by atoms with Crippen LogP contribution in [0.25, 0.3) is 0 Å². The third-order valence-corrected chi connectivity index (χ3v) is 4.66. The Hall–Kier alpha value is -1.16. The summed E-state index contributed by atoms with van der Waals surface area (Å²) in [5.41, 5.74) is 0. The van der Waals surface area contributed by atoms with Crippen LogP contribution in [0.3, 0.4) is 0 Å². The van der Waals surface area contributed by atoms with Crippen molar-refractivity contribution < 1.29 is 9.59 Å². The van der Waals surface area contributed by atoms with Gasteiger partial charge in [0, 0.05) is 25.4 Å². The van der Waals surface area contributed by atoms with Crippen molar-refractivity contribution in [2.75, 3.05) is 6.54 Å². The number of amides is 1. The summed E-state index contributed by atoms with van der Waals surface area (Å²) >= 11 is 1.45.